The Labute approximate surface area is 102 Å². The van der Waals surface area contributed by atoms with E-state index in [2.05, 4.69) is 5.32 Å². The van der Waals surface area contributed by atoms with Crippen LogP contribution in [0.4, 0.5) is 0 Å². The number of rotatable bonds is 5. The summed E-state index contributed by atoms with van der Waals surface area (Å²) in [7, 11) is 0. The summed E-state index contributed by atoms with van der Waals surface area (Å²) in [6, 6.07) is 7.44. The van der Waals surface area contributed by atoms with E-state index in [0.29, 0.717) is 13.0 Å². The smallest absolute Gasteiger partial charge is 0.217 e. The average Bonchev–Trinajstić information content (AvgIpc) is 2.34. The quantitative estimate of drug-likeness (QED) is 0.791. The highest BCUT2D eigenvalue weighted by Gasteiger charge is 2.00. The fourth-order valence-electron chi connectivity index (χ4n) is 1.38. The summed E-state index contributed by atoms with van der Waals surface area (Å²) in [6.07, 6.45) is 4.31. The summed E-state index contributed by atoms with van der Waals surface area (Å²) in [5, 5.41) is 2.67. The van der Waals surface area contributed by atoms with E-state index in [1.165, 1.54) is 6.92 Å². The number of ketones is 1. The molecule has 3 nitrogen and oxygen atoms in total. The molecular weight excluding hydrogens is 214 g/mol. The number of carbonyl (C=O) groups is 2. The molecule has 0 aliphatic heterocycles. The van der Waals surface area contributed by atoms with Gasteiger partial charge in [0.1, 0.15) is 0 Å². The topological polar surface area (TPSA) is 46.2 Å². The van der Waals surface area contributed by atoms with Crippen molar-refractivity contribution >= 4 is 17.8 Å². The SMILES string of the molecule is CCC(=O)c1ccc(C=CCNC(C)=O)cc1. The van der Waals surface area contributed by atoms with Crippen molar-refractivity contribution in [2.24, 2.45) is 0 Å². The molecule has 90 valence electrons. The minimum Gasteiger partial charge on any atom is -0.353 e. The first-order valence-electron chi connectivity index (χ1n) is 5.67. The number of carbonyl (C=O) groups excluding carboxylic acids is 2. The van der Waals surface area contributed by atoms with Crippen LogP contribution in [-0.4, -0.2) is 18.2 Å². The monoisotopic (exact) mass is 231 g/mol. The highest BCUT2D eigenvalue weighted by Crippen LogP contribution is 2.08. The Kier molecular flexibility index (Phi) is 5.14. The second-order valence-corrected chi connectivity index (χ2v) is 3.74. The van der Waals surface area contributed by atoms with Gasteiger partial charge in [-0.05, 0) is 5.56 Å². The van der Waals surface area contributed by atoms with Crippen molar-refractivity contribution in [3.63, 3.8) is 0 Å². The van der Waals surface area contributed by atoms with Gasteiger partial charge >= 0.3 is 0 Å². The van der Waals surface area contributed by atoms with Crippen LogP contribution in [0.25, 0.3) is 6.08 Å². The second kappa shape index (κ2) is 6.63. The molecule has 0 unspecified atom stereocenters. The molecule has 1 rings (SSSR count). The van der Waals surface area contributed by atoms with E-state index in [0.717, 1.165) is 11.1 Å². The van der Waals surface area contributed by atoms with Crippen LogP contribution in [0.2, 0.25) is 0 Å². The lowest BCUT2D eigenvalue weighted by Crippen LogP contribution is -2.19. The van der Waals surface area contributed by atoms with Gasteiger partial charge < -0.3 is 5.32 Å². The molecule has 0 aromatic heterocycles. The predicted molar refractivity (Wildman–Crippen MR) is 68.8 cm³/mol. The van der Waals surface area contributed by atoms with Gasteiger partial charge in [0, 0.05) is 25.5 Å². The Hall–Kier alpha value is -1.90. The molecule has 1 aromatic carbocycles. The lowest BCUT2D eigenvalue weighted by atomic mass is 10.1. The molecule has 0 atom stereocenters. The molecule has 0 radical (unpaired) electrons. The number of Topliss-reactive ketones (excluding diaryl/α,β-unsaturated/α-hetero) is 1. The molecular formula is C14H17NO2. The average molecular weight is 231 g/mol. The van der Waals surface area contributed by atoms with Crippen LogP contribution in [0, 0.1) is 0 Å². The van der Waals surface area contributed by atoms with Crippen molar-refractivity contribution in [1.29, 1.82) is 0 Å². The van der Waals surface area contributed by atoms with Gasteiger partial charge in [0.05, 0.1) is 0 Å². The Balaban J connectivity index is 2.56. The molecule has 0 fully saturated rings. The molecule has 0 saturated carbocycles. The van der Waals surface area contributed by atoms with Gasteiger partial charge in [-0.25, -0.2) is 0 Å². The van der Waals surface area contributed by atoms with Gasteiger partial charge in [-0.2, -0.15) is 0 Å². The van der Waals surface area contributed by atoms with Crippen LogP contribution in [-0.2, 0) is 4.79 Å². The van der Waals surface area contributed by atoms with Crippen LogP contribution < -0.4 is 5.32 Å². The van der Waals surface area contributed by atoms with Crippen LogP contribution >= 0.6 is 0 Å². The minimum absolute atomic E-state index is 0.0430. The third kappa shape index (κ3) is 4.64. The molecule has 1 aromatic rings. The summed E-state index contributed by atoms with van der Waals surface area (Å²) < 4.78 is 0. The van der Waals surface area contributed by atoms with Gasteiger partial charge in [0.2, 0.25) is 5.91 Å². The number of nitrogens with one attached hydrogen (secondary N) is 1. The van der Waals surface area contributed by atoms with Crippen molar-refractivity contribution in [3.05, 3.63) is 41.5 Å². The second-order valence-electron chi connectivity index (χ2n) is 3.74. The van der Waals surface area contributed by atoms with Gasteiger partial charge in [-0.1, -0.05) is 43.3 Å². The highest BCUT2D eigenvalue weighted by molar-refractivity contribution is 5.95. The minimum atomic E-state index is -0.0430. The number of hydrogen-bond acceptors (Lipinski definition) is 2. The molecule has 0 bridgehead atoms. The largest absolute Gasteiger partial charge is 0.353 e. The summed E-state index contributed by atoms with van der Waals surface area (Å²) in [5.74, 6) is 0.109. The first kappa shape index (κ1) is 13.2. The van der Waals surface area contributed by atoms with Crippen LogP contribution in [0.3, 0.4) is 0 Å². The molecule has 0 aliphatic carbocycles. The number of amides is 1. The van der Waals surface area contributed by atoms with Gasteiger partial charge in [0.15, 0.2) is 5.78 Å². The van der Waals surface area contributed by atoms with Crippen molar-refractivity contribution in [2.75, 3.05) is 6.54 Å². The summed E-state index contributed by atoms with van der Waals surface area (Å²) in [6.45, 7) is 3.85. The van der Waals surface area contributed by atoms with E-state index < -0.39 is 0 Å². The fraction of sp³-hybridized carbons (Fsp3) is 0.286. The van der Waals surface area contributed by atoms with E-state index in [1.807, 2.05) is 43.3 Å². The van der Waals surface area contributed by atoms with Crippen molar-refractivity contribution in [1.82, 2.24) is 5.32 Å². The Morgan fingerprint density at radius 2 is 1.88 bits per heavy atom. The van der Waals surface area contributed by atoms with E-state index in [9.17, 15) is 9.59 Å². The van der Waals surface area contributed by atoms with Crippen LogP contribution in [0.15, 0.2) is 30.3 Å². The first-order valence-corrected chi connectivity index (χ1v) is 5.67. The summed E-state index contributed by atoms with van der Waals surface area (Å²) in [4.78, 5) is 22.0. The van der Waals surface area contributed by atoms with Gasteiger partial charge in [0.25, 0.3) is 0 Å². The van der Waals surface area contributed by atoms with Gasteiger partial charge in [-0.15, -0.1) is 0 Å². The lowest BCUT2D eigenvalue weighted by Gasteiger charge is -1.99. The maximum atomic E-state index is 11.4. The molecule has 1 amide bonds. The standard InChI is InChI=1S/C14H17NO2/c1-3-14(17)13-8-6-12(7-9-13)5-4-10-15-11(2)16/h4-9H,3,10H2,1-2H3,(H,15,16). The number of hydrogen-bond donors (Lipinski definition) is 1. The van der Waals surface area contributed by atoms with Crippen molar-refractivity contribution in [3.8, 4) is 0 Å². The predicted octanol–water partition coefficient (Wildman–Crippen LogP) is 2.43. The van der Waals surface area contributed by atoms with Gasteiger partial charge in [-0.3, -0.25) is 9.59 Å². The third-order valence-corrected chi connectivity index (χ3v) is 2.33. The van der Waals surface area contributed by atoms with Crippen LogP contribution in [0.5, 0.6) is 0 Å². The van der Waals surface area contributed by atoms with Crippen molar-refractivity contribution in [2.45, 2.75) is 20.3 Å². The van der Waals surface area contributed by atoms with E-state index in [4.69, 9.17) is 0 Å². The van der Waals surface area contributed by atoms with Crippen LogP contribution in [0.1, 0.15) is 36.2 Å². The maximum absolute atomic E-state index is 11.4. The zero-order valence-corrected chi connectivity index (χ0v) is 10.2. The summed E-state index contributed by atoms with van der Waals surface area (Å²) >= 11 is 0. The molecule has 0 aliphatic rings. The maximum Gasteiger partial charge on any atom is 0.217 e. The zero-order chi connectivity index (χ0) is 12.7. The molecule has 3 heteroatoms. The van der Waals surface area contributed by atoms with E-state index >= 15 is 0 Å². The summed E-state index contributed by atoms with van der Waals surface area (Å²) in [5.41, 5.74) is 1.76. The third-order valence-electron chi connectivity index (χ3n) is 2.33. The zero-order valence-electron chi connectivity index (χ0n) is 10.2. The Bertz CT molecular complexity index is 418. The molecule has 17 heavy (non-hydrogen) atoms. The highest BCUT2D eigenvalue weighted by atomic mass is 16.1. The lowest BCUT2D eigenvalue weighted by molar-refractivity contribution is -0.118. The fourth-order valence-corrected chi connectivity index (χ4v) is 1.38. The molecule has 0 saturated heterocycles. The normalized spacial score (nSPS) is 10.5. The van der Waals surface area contributed by atoms with E-state index in [1.54, 1.807) is 0 Å². The molecule has 0 spiro atoms. The molecule has 0 heterocycles. The van der Waals surface area contributed by atoms with Crippen molar-refractivity contribution < 1.29 is 9.59 Å². The Morgan fingerprint density at radius 3 is 2.41 bits per heavy atom. The molecule has 1 N–H and O–H groups in total. The number of benzene rings is 1. The first-order chi connectivity index (χ1) is 8.13. The Morgan fingerprint density at radius 1 is 1.24 bits per heavy atom. The van der Waals surface area contributed by atoms with E-state index in [-0.39, 0.29) is 11.7 Å².